The van der Waals surface area contributed by atoms with E-state index in [2.05, 4.69) is 9.69 Å². The monoisotopic (exact) mass is 312 g/mol. The second-order valence-electron chi connectivity index (χ2n) is 5.75. The molecule has 0 spiro atoms. The molecular formula is C14H24N4O2S. The predicted molar refractivity (Wildman–Crippen MR) is 86.0 cm³/mol. The van der Waals surface area contributed by atoms with Gasteiger partial charge in [0, 0.05) is 26.2 Å². The normalized spacial score (nSPS) is 18.8. The Morgan fingerprint density at radius 1 is 1.57 bits per heavy atom. The number of nitrogens with zero attached hydrogens (tertiary/aromatic N) is 2. The maximum Gasteiger partial charge on any atom is 0.258 e. The second kappa shape index (κ2) is 7.09. The second-order valence-corrected chi connectivity index (χ2v) is 6.50. The van der Waals surface area contributed by atoms with Gasteiger partial charge in [-0.3, -0.25) is 4.79 Å². The lowest BCUT2D eigenvalue weighted by Gasteiger charge is -2.28. The summed E-state index contributed by atoms with van der Waals surface area (Å²) in [7, 11) is 1.96. The van der Waals surface area contributed by atoms with E-state index in [9.17, 15) is 4.79 Å². The molecule has 2 rings (SSSR count). The average molecular weight is 312 g/mol. The van der Waals surface area contributed by atoms with E-state index in [1.54, 1.807) is 0 Å². The average Bonchev–Trinajstić information content (AvgIpc) is 2.81. The molecule has 21 heavy (non-hydrogen) atoms. The molecular weight excluding hydrogens is 288 g/mol. The number of rotatable bonds is 5. The SMILES string of the molecule is CC(C)NC(=O)c1c(N)nsc1N(C)CC1CCCCO1. The van der Waals surface area contributed by atoms with Gasteiger partial charge in [-0.1, -0.05) is 0 Å². The number of hydrogen-bond donors (Lipinski definition) is 2. The molecule has 1 atom stereocenters. The highest BCUT2D eigenvalue weighted by Crippen LogP contribution is 2.30. The zero-order valence-electron chi connectivity index (χ0n) is 12.9. The van der Waals surface area contributed by atoms with Gasteiger partial charge in [-0.25, -0.2) is 0 Å². The Bertz CT molecular complexity index is 483. The van der Waals surface area contributed by atoms with Gasteiger partial charge >= 0.3 is 0 Å². The van der Waals surface area contributed by atoms with Crippen molar-refractivity contribution >= 4 is 28.3 Å². The van der Waals surface area contributed by atoms with E-state index < -0.39 is 0 Å². The molecule has 0 aromatic carbocycles. The highest BCUT2D eigenvalue weighted by Gasteiger charge is 2.24. The molecule has 1 unspecified atom stereocenters. The van der Waals surface area contributed by atoms with Crippen LogP contribution in [0.2, 0.25) is 0 Å². The number of nitrogens with one attached hydrogen (secondary N) is 1. The van der Waals surface area contributed by atoms with Crippen molar-refractivity contribution in [1.82, 2.24) is 9.69 Å². The minimum Gasteiger partial charge on any atom is -0.382 e. The Morgan fingerprint density at radius 3 is 2.95 bits per heavy atom. The molecule has 1 fully saturated rings. The van der Waals surface area contributed by atoms with Crippen LogP contribution < -0.4 is 16.0 Å². The van der Waals surface area contributed by atoms with E-state index in [-0.39, 0.29) is 18.1 Å². The standard InChI is InChI=1S/C14H24N4O2S/c1-9(2)16-13(19)11-12(15)17-21-14(11)18(3)8-10-6-4-5-7-20-10/h9-10H,4-8H2,1-3H3,(H2,15,17)(H,16,19). The molecule has 1 saturated heterocycles. The third-order valence-electron chi connectivity index (χ3n) is 3.45. The lowest BCUT2D eigenvalue weighted by molar-refractivity contribution is 0.0216. The number of carbonyl (C=O) groups excluding carboxylic acids is 1. The van der Waals surface area contributed by atoms with Crippen LogP contribution in [0.4, 0.5) is 10.8 Å². The van der Waals surface area contributed by atoms with Gasteiger partial charge in [0.25, 0.3) is 5.91 Å². The van der Waals surface area contributed by atoms with E-state index in [0.29, 0.717) is 11.4 Å². The van der Waals surface area contributed by atoms with Crippen LogP contribution in [0.1, 0.15) is 43.5 Å². The van der Waals surface area contributed by atoms with Gasteiger partial charge in [-0.2, -0.15) is 4.37 Å². The number of hydrogen-bond acceptors (Lipinski definition) is 6. The molecule has 1 amide bonds. The van der Waals surface area contributed by atoms with Gasteiger partial charge in [0.1, 0.15) is 10.6 Å². The fourth-order valence-corrected chi connectivity index (χ4v) is 3.22. The molecule has 118 valence electrons. The number of carbonyl (C=O) groups is 1. The van der Waals surface area contributed by atoms with Crippen LogP contribution >= 0.6 is 11.5 Å². The molecule has 0 bridgehead atoms. The molecule has 0 aliphatic carbocycles. The van der Waals surface area contributed by atoms with E-state index in [4.69, 9.17) is 10.5 Å². The lowest BCUT2D eigenvalue weighted by Crippen LogP contribution is -2.35. The first-order chi connectivity index (χ1) is 9.99. The molecule has 1 aliphatic heterocycles. The van der Waals surface area contributed by atoms with Crippen LogP contribution in [0.25, 0.3) is 0 Å². The zero-order chi connectivity index (χ0) is 15.4. The van der Waals surface area contributed by atoms with E-state index in [1.165, 1.54) is 18.0 Å². The summed E-state index contributed by atoms with van der Waals surface area (Å²) >= 11 is 1.26. The molecule has 6 nitrogen and oxygen atoms in total. The van der Waals surface area contributed by atoms with Crippen LogP contribution in [0, 0.1) is 0 Å². The quantitative estimate of drug-likeness (QED) is 0.867. The number of anilines is 2. The van der Waals surface area contributed by atoms with Crippen molar-refractivity contribution in [2.45, 2.75) is 45.3 Å². The summed E-state index contributed by atoms with van der Waals surface area (Å²) in [6, 6.07) is 0.0663. The zero-order valence-corrected chi connectivity index (χ0v) is 13.7. The summed E-state index contributed by atoms with van der Waals surface area (Å²) in [6.45, 7) is 5.42. The van der Waals surface area contributed by atoms with Gasteiger partial charge in [0.2, 0.25) is 0 Å². The molecule has 1 aromatic heterocycles. The topological polar surface area (TPSA) is 80.5 Å². The van der Waals surface area contributed by atoms with Crippen LogP contribution in [0.3, 0.4) is 0 Å². The van der Waals surface area contributed by atoms with Crippen molar-refractivity contribution in [3.8, 4) is 0 Å². The maximum atomic E-state index is 12.3. The predicted octanol–water partition coefficient (Wildman–Crippen LogP) is 1.87. The summed E-state index contributed by atoms with van der Waals surface area (Å²) in [5.41, 5.74) is 6.35. The fraction of sp³-hybridized carbons (Fsp3) is 0.714. The Labute approximate surface area is 129 Å². The fourth-order valence-electron chi connectivity index (χ4n) is 2.44. The smallest absolute Gasteiger partial charge is 0.258 e. The van der Waals surface area contributed by atoms with Crippen molar-refractivity contribution in [2.75, 3.05) is 30.8 Å². The van der Waals surface area contributed by atoms with E-state index >= 15 is 0 Å². The minimum atomic E-state index is -0.164. The Morgan fingerprint density at radius 2 is 2.33 bits per heavy atom. The van der Waals surface area contributed by atoms with Crippen LogP contribution in [-0.2, 0) is 4.74 Å². The number of nitrogens with two attached hydrogens (primary N) is 1. The van der Waals surface area contributed by atoms with Crippen LogP contribution in [0.15, 0.2) is 0 Å². The first kappa shape index (κ1) is 16.0. The Kier molecular flexibility index (Phi) is 5.41. The summed E-state index contributed by atoms with van der Waals surface area (Å²) in [5.74, 6) is 0.132. The molecule has 0 radical (unpaired) electrons. The molecule has 7 heteroatoms. The largest absolute Gasteiger partial charge is 0.382 e. The number of amides is 1. The number of aromatic nitrogens is 1. The third-order valence-corrected chi connectivity index (χ3v) is 4.42. The summed E-state index contributed by atoms with van der Waals surface area (Å²) in [4.78, 5) is 14.3. The maximum absolute atomic E-state index is 12.3. The van der Waals surface area contributed by atoms with Crippen molar-refractivity contribution < 1.29 is 9.53 Å². The molecule has 1 aliphatic rings. The molecule has 1 aromatic rings. The molecule has 3 N–H and O–H groups in total. The first-order valence-corrected chi connectivity index (χ1v) is 8.15. The highest BCUT2D eigenvalue weighted by molar-refractivity contribution is 7.11. The van der Waals surface area contributed by atoms with E-state index in [1.807, 2.05) is 25.8 Å². The molecule has 2 heterocycles. The van der Waals surface area contributed by atoms with Gasteiger partial charge in [-0.05, 0) is 44.6 Å². The first-order valence-electron chi connectivity index (χ1n) is 7.37. The van der Waals surface area contributed by atoms with Crippen molar-refractivity contribution in [3.05, 3.63) is 5.56 Å². The third kappa shape index (κ3) is 4.07. The Balaban J connectivity index is 2.09. The van der Waals surface area contributed by atoms with Crippen LogP contribution in [0.5, 0.6) is 0 Å². The van der Waals surface area contributed by atoms with Gasteiger partial charge < -0.3 is 20.7 Å². The lowest BCUT2D eigenvalue weighted by atomic mass is 10.1. The van der Waals surface area contributed by atoms with Crippen molar-refractivity contribution in [2.24, 2.45) is 0 Å². The van der Waals surface area contributed by atoms with Gasteiger partial charge in [0.15, 0.2) is 5.82 Å². The number of nitrogen functional groups attached to an aromatic ring is 1. The van der Waals surface area contributed by atoms with Gasteiger partial charge in [0.05, 0.1) is 6.10 Å². The summed E-state index contributed by atoms with van der Waals surface area (Å²) < 4.78 is 9.89. The highest BCUT2D eigenvalue weighted by atomic mass is 32.1. The van der Waals surface area contributed by atoms with Gasteiger partial charge in [-0.15, -0.1) is 0 Å². The van der Waals surface area contributed by atoms with Crippen molar-refractivity contribution in [3.63, 3.8) is 0 Å². The summed E-state index contributed by atoms with van der Waals surface area (Å²) in [6.07, 6.45) is 3.61. The minimum absolute atomic E-state index is 0.0663. The van der Waals surface area contributed by atoms with E-state index in [0.717, 1.165) is 31.0 Å². The van der Waals surface area contributed by atoms with Crippen LogP contribution in [-0.4, -0.2) is 42.6 Å². The Hall–Kier alpha value is -1.34. The van der Waals surface area contributed by atoms with Crippen molar-refractivity contribution in [1.29, 1.82) is 0 Å². The number of ether oxygens (including phenoxy) is 1. The number of likely N-dealkylation sites (N-methyl/N-ethyl adjacent to an activating group) is 1. The summed E-state index contributed by atoms with van der Waals surface area (Å²) in [5, 5.41) is 3.68. The molecule has 0 saturated carbocycles.